The van der Waals surface area contributed by atoms with E-state index in [1.807, 2.05) is 19.9 Å². The Balaban J connectivity index is 1.52. The first-order valence-corrected chi connectivity index (χ1v) is 14.0. The van der Waals surface area contributed by atoms with Gasteiger partial charge in [-0.1, -0.05) is 19.9 Å². The summed E-state index contributed by atoms with van der Waals surface area (Å²) >= 11 is 3.26. The molecule has 4 unspecified atom stereocenters. The van der Waals surface area contributed by atoms with E-state index in [-0.39, 0.29) is 12.0 Å². The lowest BCUT2D eigenvalue weighted by molar-refractivity contribution is 0.00446. The van der Waals surface area contributed by atoms with Crippen LogP contribution in [0.2, 0.25) is 0 Å². The summed E-state index contributed by atoms with van der Waals surface area (Å²) in [6.45, 7) is 8.65. The molecule has 0 aliphatic heterocycles. The van der Waals surface area contributed by atoms with Gasteiger partial charge in [-0.15, -0.1) is 22.7 Å². The number of hydrogen-bond donors (Lipinski definition) is 5. The molecule has 11 heteroatoms. The molecule has 0 aromatic carbocycles. The normalized spacial score (nSPS) is 22.0. The smallest absolute Gasteiger partial charge is 0.224 e. The largest absolute Gasteiger partial charge is 0.396 e. The SMILES string of the molecule is Cc1nc(NCC(C)(C)c2cccs2)nc(NC2CC(CO)C(O)C2O)c1-c1nc2c(C)nccc2s1. The molecule has 4 aromatic heterocycles. The molecule has 4 aromatic rings. The maximum absolute atomic E-state index is 10.7. The van der Waals surface area contributed by atoms with Gasteiger partial charge in [0.05, 0.1) is 33.8 Å². The summed E-state index contributed by atoms with van der Waals surface area (Å²) in [6.07, 6.45) is 0.152. The van der Waals surface area contributed by atoms with Crippen LogP contribution < -0.4 is 10.6 Å². The minimum atomic E-state index is -1.03. The molecule has 0 amide bonds. The fourth-order valence-corrected chi connectivity index (χ4v) is 6.74. The van der Waals surface area contributed by atoms with Crippen molar-refractivity contribution >= 4 is 44.7 Å². The molecule has 196 valence electrons. The van der Waals surface area contributed by atoms with Crippen LogP contribution in [0.3, 0.4) is 0 Å². The van der Waals surface area contributed by atoms with Gasteiger partial charge in [-0.05, 0) is 37.8 Å². The molecule has 5 rings (SSSR count). The van der Waals surface area contributed by atoms with Crippen LogP contribution in [0.4, 0.5) is 11.8 Å². The Kier molecular flexibility index (Phi) is 7.16. The molecule has 0 spiro atoms. The number of nitrogens with zero attached hydrogens (tertiary/aromatic N) is 4. The zero-order valence-corrected chi connectivity index (χ0v) is 22.9. The topological polar surface area (TPSA) is 136 Å². The second-order valence-electron chi connectivity index (χ2n) is 10.2. The monoisotopic (exact) mass is 540 g/mol. The van der Waals surface area contributed by atoms with Crippen molar-refractivity contribution in [2.75, 3.05) is 23.8 Å². The quantitative estimate of drug-likeness (QED) is 0.226. The van der Waals surface area contributed by atoms with Gasteiger partial charge in [0.1, 0.15) is 22.4 Å². The summed E-state index contributed by atoms with van der Waals surface area (Å²) in [5.74, 6) is 0.599. The first kappa shape index (κ1) is 25.9. The highest BCUT2D eigenvalue weighted by molar-refractivity contribution is 7.21. The minimum Gasteiger partial charge on any atom is -0.396 e. The van der Waals surface area contributed by atoms with Crippen molar-refractivity contribution in [2.24, 2.45) is 5.92 Å². The van der Waals surface area contributed by atoms with Gasteiger partial charge in [0, 0.05) is 35.6 Å². The number of fused-ring (bicyclic) bond motifs is 1. The molecule has 4 heterocycles. The molecule has 0 radical (unpaired) electrons. The minimum absolute atomic E-state index is 0.116. The summed E-state index contributed by atoms with van der Waals surface area (Å²) in [4.78, 5) is 20.1. The highest BCUT2D eigenvalue weighted by Gasteiger charge is 2.41. The maximum Gasteiger partial charge on any atom is 0.224 e. The number of thiazole rings is 1. The average molecular weight is 541 g/mol. The first-order chi connectivity index (χ1) is 17.7. The molecule has 1 aliphatic rings. The number of thiophene rings is 1. The van der Waals surface area contributed by atoms with Crippen LogP contribution in [0.25, 0.3) is 20.8 Å². The Morgan fingerprint density at radius 2 is 1.89 bits per heavy atom. The van der Waals surface area contributed by atoms with E-state index >= 15 is 0 Å². The number of nitrogens with one attached hydrogen (secondary N) is 2. The van der Waals surface area contributed by atoms with Crippen LogP contribution in [0.1, 0.15) is 36.5 Å². The molecule has 1 fully saturated rings. The van der Waals surface area contributed by atoms with Crippen LogP contribution in [-0.2, 0) is 5.41 Å². The number of rotatable bonds is 8. The van der Waals surface area contributed by atoms with Crippen LogP contribution in [0.15, 0.2) is 29.8 Å². The Morgan fingerprint density at radius 1 is 1.08 bits per heavy atom. The number of anilines is 2. The third-order valence-electron chi connectivity index (χ3n) is 7.03. The van der Waals surface area contributed by atoms with E-state index in [2.05, 4.69) is 47.0 Å². The molecular weight excluding hydrogens is 508 g/mol. The van der Waals surface area contributed by atoms with E-state index in [1.165, 1.54) is 16.2 Å². The summed E-state index contributed by atoms with van der Waals surface area (Å²) in [5, 5.41) is 40.3. The zero-order valence-electron chi connectivity index (χ0n) is 21.3. The van der Waals surface area contributed by atoms with Crippen molar-refractivity contribution in [1.82, 2.24) is 19.9 Å². The van der Waals surface area contributed by atoms with Gasteiger partial charge < -0.3 is 26.0 Å². The summed E-state index contributed by atoms with van der Waals surface area (Å²) in [5.41, 5.74) is 3.06. The van der Waals surface area contributed by atoms with Gasteiger partial charge in [0.15, 0.2) is 0 Å². The number of pyridine rings is 1. The third kappa shape index (κ3) is 5.06. The van der Waals surface area contributed by atoms with Gasteiger partial charge >= 0.3 is 0 Å². The Labute approximate surface area is 223 Å². The Hall–Kier alpha value is -2.70. The summed E-state index contributed by atoms with van der Waals surface area (Å²) < 4.78 is 1.02. The van der Waals surface area contributed by atoms with Crippen molar-refractivity contribution in [3.05, 3.63) is 46.0 Å². The van der Waals surface area contributed by atoms with Gasteiger partial charge in [0.2, 0.25) is 5.95 Å². The first-order valence-electron chi connectivity index (χ1n) is 12.3. The lowest BCUT2D eigenvalue weighted by Gasteiger charge is -2.25. The van der Waals surface area contributed by atoms with Gasteiger partial charge in [0.25, 0.3) is 0 Å². The van der Waals surface area contributed by atoms with E-state index in [0.29, 0.717) is 24.7 Å². The van der Waals surface area contributed by atoms with Crippen LogP contribution in [0.5, 0.6) is 0 Å². The summed E-state index contributed by atoms with van der Waals surface area (Å²) in [6, 6.07) is 5.64. The van der Waals surface area contributed by atoms with Crippen molar-refractivity contribution in [2.45, 2.75) is 57.8 Å². The molecular formula is C26H32N6O3S2. The van der Waals surface area contributed by atoms with Gasteiger partial charge in [-0.25, -0.2) is 9.97 Å². The highest BCUT2D eigenvalue weighted by Crippen LogP contribution is 2.38. The van der Waals surface area contributed by atoms with E-state index in [1.54, 1.807) is 17.5 Å². The van der Waals surface area contributed by atoms with E-state index in [9.17, 15) is 15.3 Å². The van der Waals surface area contributed by atoms with Gasteiger partial charge in [-0.3, -0.25) is 4.98 Å². The average Bonchev–Trinajstić information content (AvgIpc) is 3.60. The van der Waals surface area contributed by atoms with Crippen molar-refractivity contribution in [3.63, 3.8) is 0 Å². The number of hydrogen-bond acceptors (Lipinski definition) is 11. The number of aliphatic hydroxyl groups is 3. The number of aryl methyl sites for hydroxylation is 2. The fourth-order valence-electron chi connectivity index (χ4n) is 4.78. The van der Waals surface area contributed by atoms with Gasteiger partial charge in [-0.2, -0.15) is 4.98 Å². The lowest BCUT2D eigenvalue weighted by Crippen LogP contribution is -2.36. The number of aliphatic hydroxyl groups excluding tert-OH is 3. The van der Waals surface area contributed by atoms with Crippen molar-refractivity contribution < 1.29 is 15.3 Å². The molecule has 4 atom stereocenters. The lowest BCUT2D eigenvalue weighted by atomic mass is 9.91. The second kappa shape index (κ2) is 10.2. The van der Waals surface area contributed by atoms with E-state index in [4.69, 9.17) is 15.0 Å². The second-order valence-corrected chi connectivity index (χ2v) is 12.2. The van der Waals surface area contributed by atoms with Crippen molar-refractivity contribution in [3.8, 4) is 10.6 Å². The third-order valence-corrected chi connectivity index (χ3v) is 9.30. The summed E-state index contributed by atoms with van der Waals surface area (Å²) in [7, 11) is 0. The van der Waals surface area contributed by atoms with Crippen LogP contribution in [0, 0.1) is 19.8 Å². The van der Waals surface area contributed by atoms with Crippen LogP contribution >= 0.6 is 22.7 Å². The zero-order chi connectivity index (χ0) is 26.3. The Bertz CT molecular complexity index is 1390. The molecule has 37 heavy (non-hydrogen) atoms. The Morgan fingerprint density at radius 3 is 2.57 bits per heavy atom. The van der Waals surface area contributed by atoms with Crippen LogP contribution in [-0.4, -0.2) is 66.7 Å². The molecule has 5 N–H and O–H groups in total. The maximum atomic E-state index is 10.7. The fraction of sp³-hybridized carbons (Fsp3) is 0.462. The van der Waals surface area contributed by atoms with E-state index < -0.39 is 24.2 Å². The molecule has 0 saturated heterocycles. The highest BCUT2D eigenvalue weighted by atomic mass is 32.1. The predicted octanol–water partition coefficient (Wildman–Crippen LogP) is 3.73. The molecule has 1 saturated carbocycles. The van der Waals surface area contributed by atoms with E-state index in [0.717, 1.165) is 32.2 Å². The predicted molar refractivity (Wildman–Crippen MR) is 148 cm³/mol. The molecule has 0 bridgehead atoms. The molecule has 9 nitrogen and oxygen atoms in total. The standard InChI is InChI=1S/C26H32N6O3S2/c1-13-19(24-31-20-14(2)27-8-7-17(20)37-24)23(30-16-10-15(11-33)21(34)22(16)35)32-25(29-13)28-12-26(3,4)18-6-5-9-36-18/h5-9,15-16,21-22,33-35H,10-12H2,1-4H3,(H2,28,29,30,32). The number of aromatic nitrogens is 4. The van der Waals surface area contributed by atoms with Crippen molar-refractivity contribution in [1.29, 1.82) is 0 Å². The molecule has 1 aliphatic carbocycles.